The van der Waals surface area contributed by atoms with Gasteiger partial charge < -0.3 is 11.1 Å². The van der Waals surface area contributed by atoms with E-state index in [0.29, 0.717) is 16.7 Å². The second-order valence-electron chi connectivity index (χ2n) is 5.28. The van der Waals surface area contributed by atoms with Crippen LogP contribution in [0.25, 0.3) is 10.2 Å². The molecule has 0 bridgehead atoms. The molecule has 0 aliphatic carbocycles. The van der Waals surface area contributed by atoms with Crippen molar-refractivity contribution in [1.82, 2.24) is 15.3 Å². The third kappa shape index (κ3) is 4.84. The summed E-state index contributed by atoms with van der Waals surface area (Å²) in [4.78, 5) is 21.5. The van der Waals surface area contributed by atoms with Gasteiger partial charge in [0.05, 0.1) is 11.1 Å². The number of aromatic nitrogens is 2. The number of thioether (sulfide) groups is 1. The Hall–Kier alpha value is -1.34. The fraction of sp³-hybridized carbons (Fsp3) is 0.533. The number of carbonyl (C=O) groups excluding carboxylic acids is 1. The number of thiophene rings is 1. The molecule has 0 aromatic carbocycles. The average molecular weight is 339 g/mol. The van der Waals surface area contributed by atoms with Gasteiger partial charge in [-0.2, -0.15) is 0 Å². The van der Waals surface area contributed by atoms with Crippen molar-refractivity contribution in [1.29, 1.82) is 0 Å². The molecule has 1 amide bonds. The molecule has 3 N–H and O–H groups in total. The van der Waals surface area contributed by atoms with Gasteiger partial charge in [0.15, 0.2) is 5.16 Å². The van der Waals surface area contributed by atoms with Gasteiger partial charge in [-0.15, -0.1) is 11.3 Å². The molecule has 0 aliphatic heterocycles. The number of anilines is 1. The monoisotopic (exact) mass is 338 g/mol. The van der Waals surface area contributed by atoms with Crippen LogP contribution in [0.15, 0.2) is 16.6 Å². The van der Waals surface area contributed by atoms with E-state index in [9.17, 15) is 4.79 Å². The molecular weight excluding hydrogens is 316 g/mol. The highest BCUT2D eigenvalue weighted by Crippen LogP contribution is 2.26. The maximum atomic E-state index is 11.9. The quantitative estimate of drug-likeness (QED) is 0.438. The van der Waals surface area contributed by atoms with E-state index in [2.05, 4.69) is 22.2 Å². The van der Waals surface area contributed by atoms with Gasteiger partial charge in [0, 0.05) is 6.04 Å². The topological polar surface area (TPSA) is 80.9 Å². The zero-order valence-electron chi connectivity index (χ0n) is 13.0. The van der Waals surface area contributed by atoms with Gasteiger partial charge in [0.25, 0.3) is 0 Å². The Morgan fingerprint density at radius 3 is 3.05 bits per heavy atom. The molecule has 0 fully saturated rings. The third-order valence-corrected chi connectivity index (χ3v) is 4.97. The number of hydrogen-bond acceptors (Lipinski definition) is 6. The van der Waals surface area contributed by atoms with Crippen molar-refractivity contribution in [3.8, 4) is 0 Å². The highest BCUT2D eigenvalue weighted by Gasteiger charge is 2.11. The Bertz CT molecular complexity index is 629. The van der Waals surface area contributed by atoms with Crippen LogP contribution in [0, 0.1) is 0 Å². The molecule has 0 saturated carbocycles. The first kappa shape index (κ1) is 17.0. The van der Waals surface area contributed by atoms with E-state index in [-0.39, 0.29) is 11.9 Å². The maximum absolute atomic E-state index is 11.9. The Morgan fingerprint density at radius 1 is 1.45 bits per heavy atom. The molecule has 7 heteroatoms. The van der Waals surface area contributed by atoms with Gasteiger partial charge in [0.1, 0.15) is 10.6 Å². The predicted molar refractivity (Wildman–Crippen MR) is 94.3 cm³/mol. The summed E-state index contributed by atoms with van der Waals surface area (Å²) in [6, 6.07) is 2.12. The molecule has 0 saturated heterocycles. The van der Waals surface area contributed by atoms with E-state index in [1.165, 1.54) is 35.9 Å². The second-order valence-corrected chi connectivity index (χ2v) is 7.12. The number of fused-ring (bicyclic) bond motifs is 1. The van der Waals surface area contributed by atoms with Gasteiger partial charge >= 0.3 is 0 Å². The Labute approximate surface area is 139 Å². The second kappa shape index (κ2) is 8.33. The molecular formula is C15H22N4OS2. The predicted octanol–water partition coefficient (Wildman–Crippen LogP) is 3.45. The lowest BCUT2D eigenvalue weighted by Gasteiger charge is -2.13. The fourth-order valence-corrected chi connectivity index (χ4v) is 3.63. The van der Waals surface area contributed by atoms with Crippen molar-refractivity contribution >= 4 is 45.0 Å². The lowest BCUT2D eigenvalue weighted by atomic mass is 10.1. The summed E-state index contributed by atoms with van der Waals surface area (Å²) < 4.78 is 0. The third-order valence-electron chi connectivity index (χ3n) is 3.31. The van der Waals surface area contributed by atoms with Crippen molar-refractivity contribution in [2.24, 2.45) is 0 Å². The Balaban J connectivity index is 1.82. The molecule has 0 aliphatic rings. The van der Waals surface area contributed by atoms with Crippen LogP contribution in [0.3, 0.4) is 0 Å². The van der Waals surface area contributed by atoms with E-state index in [0.717, 1.165) is 23.1 Å². The molecule has 1 unspecified atom stereocenters. The van der Waals surface area contributed by atoms with Crippen molar-refractivity contribution < 1.29 is 4.79 Å². The molecule has 1 atom stereocenters. The minimum Gasteiger partial charge on any atom is -0.383 e. The summed E-state index contributed by atoms with van der Waals surface area (Å²) in [5.41, 5.74) is 5.90. The van der Waals surface area contributed by atoms with E-state index in [1.54, 1.807) is 0 Å². The van der Waals surface area contributed by atoms with Crippen LogP contribution in [0.2, 0.25) is 0 Å². The molecule has 0 radical (unpaired) electrons. The molecule has 5 nitrogen and oxygen atoms in total. The molecule has 2 rings (SSSR count). The van der Waals surface area contributed by atoms with Crippen LogP contribution in [0.1, 0.15) is 39.5 Å². The zero-order valence-corrected chi connectivity index (χ0v) is 14.6. The minimum atomic E-state index is 0.0162. The number of nitrogen functional groups attached to an aromatic ring is 1. The standard InChI is InChI=1S/C15H22N4OS2/c1-3-4-5-6-10(2)17-12(20)9-22-15-18-13(16)11-7-8-21-14(11)19-15/h7-8,10H,3-6,9H2,1-2H3,(H,17,20)(H2,16,18,19). The lowest BCUT2D eigenvalue weighted by molar-refractivity contribution is -0.119. The SMILES string of the molecule is CCCCCC(C)NC(=O)CSc1nc(N)c2ccsc2n1. The van der Waals surface area contributed by atoms with Crippen molar-refractivity contribution in [2.45, 2.75) is 50.7 Å². The largest absolute Gasteiger partial charge is 0.383 e. The number of nitrogens with zero attached hydrogens (tertiary/aromatic N) is 2. The van der Waals surface area contributed by atoms with E-state index < -0.39 is 0 Å². The van der Waals surface area contributed by atoms with Gasteiger partial charge in [0.2, 0.25) is 5.91 Å². The summed E-state index contributed by atoms with van der Waals surface area (Å²) in [7, 11) is 0. The van der Waals surface area contributed by atoms with E-state index in [1.807, 2.05) is 18.4 Å². The van der Waals surface area contributed by atoms with Gasteiger partial charge in [-0.3, -0.25) is 4.79 Å². The number of unbranched alkanes of at least 4 members (excludes halogenated alkanes) is 2. The summed E-state index contributed by atoms with van der Waals surface area (Å²) in [5.74, 6) is 0.804. The lowest BCUT2D eigenvalue weighted by Crippen LogP contribution is -2.33. The maximum Gasteiger partial charge on any atom is 0.230 e. The molecule has 2 aromatic heterocycles. The van der Waals surface area contributed by atoms with Gasteiger partial charge in [-0.1, -0.05) is 37.9 Å². The molecule has 0 spiro atoms. The number of amides is 1. The van der Waals surface area contributed by atoms with Crippen LogP contribution < -0.4 is 11.1 Å². The Kier molecular flexibility index (Phi) is 6.45. The Morgan fingerprint density at radius 2 is 2.27 bits per heavy atom. The molecule has 2 aromatic rings. The number of nitrogens with one attached hydrogen (secondary N) is 1. The first-order chi connectivity index (χ1) is 10.6. The number of rotatable bonds is 8. The van der Waals surface area contributed by atoms with Crippen molar-refractivity contribution in [2.75, 3.05) is 11.5 Å². The van der Waals surface area contributed by atoms with Crippen molar-refractivity contribution in [3.05, 3.63) is 11.4 Å². The van der Waals surface area contributed by atoms with E-state index in [4.69, 9.17) is 5.73 Å². The van der Waals surface area contributed by atoms with Crippen molar-refractivity contribution in [3.63, 3.8) is 0 Å². The minimum absolute atomic E-state index is 0.0162. The first-order valence-electron chi connectivity index (χ1n) is 7.53. The first-order valence-corrected chi connectivity index (χ1v) is 9.39. The molecule has 22 heavy (non-hydrogen) atoms. The normalized spacial score (nSPS) is 12.5. The van der Waals surface area contributed by atoms with Crippen LogP contribution in [-0.2, 0) is 4.79 Å². The molecule has 120 valence electrons. The highest BCUT2D eigenvalue weighted by molar-refractivity contribution is 7.99. The van der Waals surface area contributed by atoms with E-state index >= 15 is 0 Å². The van der Waals surface area contributed by atoms with Crippen LogP contribution in [0.5, 0.6) is 0 Å². The summed E-state index contributed by atoms with van der Waals surface area (Å²) >= 11 is 2.85. The van der Waals surface area contributed by atoms with Crippen LogP contribution in [0.4, 0.5) is 5.82 Å². The summed E-state index contributed by atoms with van der Waals surface area (Å²) in [6.07, 6.45) is 4.58. The highest BCUT2D eigenvalue weighted by atomic mass is 32.2. The summed E-state index contributed by atoms with van der Waals surface area (Å²) in [5, 5.41) is 6.39. The fourth-order valence-electron chi connectivity index (χ4n) is 2.14. The number of nitrogens with two attached hydrogens (primary N) is 1. The van der Waals surface area contributed by atoms with Crippen LogP contribution in [-0.4, -0.2) is 27.7 Å². The molecule has 2 heterocycles. The average Bonchev–Trinajstić information content (AvgIpc) is 2.94. The van der Waals surface area contributed by atoms with Gasteiger partial charge in [-0.25, -0.2) is 9.97 Å². The number of hydrogen-bond donors (Lipinski definition) is 2. The smallest absolute Gasteiger partial charge is 0.230 e. The zero-order chi connectivity index (χ0) is 15.9. The number of carbonyl (C=O) groups is 1. The summed E-state index contributed by atoms with van der Waals surface area (Å²) in [6.45, 7) is 4.22. The van der Waals surface area contributed by atoms with Gasteiger partial charge in [-0.05, 0) is 24.8 Å². The van der Waals surface area contributed by atoms with Crippen LogP contribution >= 0.6 is 23.1 Å².